The van der Waals surface area contributed by atoms with E-state index in [0.29, 0.717) is 12.0 Å². The third-order valence-electron chi connectivity index (χ3n) is 3.50. The van der Waals surface area contributed by atoms with E-state index in [-0.39, 0.29) is 6.04 Å². The molecule has 0 radical (unpaired) electrons. The van der Waals surface area contributed by atoms with Crippen molar-refractivity contribution in [2.45, 2.75) is 38.0 Å². The summed E-state index contributed by atoms with van der Waals surface area (Å²) in [5.41, 5.74) is 1.35. The van der Waals surface area contributed by atoms with E-state index in [9.17, 15) is 13.0 Å². The van der Waals surface area contributed by atoms with Crippen LogP contribution < -0.4 is 4.72 Å². The van der Waals surface area contributed by atoms with E-state index in [1.165, 1.54) is 12.1 Å². The van der Waals surface area contributed by atoms with Gasteiger partial charge in [0.05, 0.1) is 15.7 Å². The van der Waals surface area contributed by atoms with Gasteiger partial charge in [-0.05, 0) is 68.7 Å². The van der Waals surface area contributed by atoms with Crippen LogP contribution in [0.4, 0.5) is 8.78 Å². The molecule has 0 aliphatic carbocycles. The summed E-state index contributed by atoms with van der Waals surface area (Å²) >= 11 is 6.94. The van der Waals surface area contributed by atoms with Crippen molar-refractivity contribution in [3.63, 3.8) is 0 Å². The number of benzene rings is 2. The van der Waals surface area contributed by atoms with Crippen LogP contribution in [0.3, 0.4) is 0 Å². The van der Waals surface area contributed by atoms with E-state index >= 15 is 0 Å². The average molecular weight is 495 g/mol. The van der Waals surface area contributed by atoms with E-state index in [2.05, 4.69) is 36.6 Å². The molecular formula is C18H19Br2F2NOS. The van der Waals surface area contributed by atoms with Gasteiger partial charge in [0.1, 0.15) is 11.6 Å². The monoisotopic (exact) mass is 493 g/mol. The summed E-state index contributed by atoms with van der Waals surface area (Å²) < 4.78 is 44.0. The predicted octanol–water partition coefficient (Wildman–Crippen LogP) is 5.83. The van der Waals surface area contributed by atoms with E-state index in [1.54, 1.807) is 0 Å². The standard InChI is InChI=1S/C18H19Br2F2NOS/c1-18(2,3)25(24)23-17(15-9-12(19)4-5-16(15)20)8-11-6-13(21)10-14(22)7-11/h4-7,9-10,17,23H,8H2,1-3H3/t17-,25+/m0/s1. The number of nitrogens with one attached hydrogen (secondary N) is 1. The lowest BCUT2D eigenvalue weighted by Crippen LogP contribution is -2.36. The number of rotatable bonds is 5. The fourth-order valence-corrected chi connectivity index (χ4v) is 3.99. The van der Waals surface area contributed by atoms with Gasteiger partial charge < -0.3 is 0 Å². The van der Waals surface area contributed by atoms with Gasteiger partial charge in [-0.15, -0.1) is 0 Å². The molecule has 0 saturated heterocycles. The highest BCUT2D eigenvalue weighted by atomic mass is 79.9. The minimum absolute atomic E-state index is 0.297. The van der Waals surface area contributed by atoms with Crippen molar-refractivity contribution in [2.24, 2.45) is 0 Å². The van der Waals surface area contributed by atoms with Gasteiger partial charge in [0.25, 0.3) is 0 Å². The van der Waals surface area contributed by atoms with Crippen LogP contribution in [0.2, 0.25) is 0 Å². The first-order valence-electron chi connectivity index (χ1n) is 7.64. The fraction of sp³-hybridized carbons (Fsp3) is 0.333. The minimum atomic E-state index is -1.34. The van der Waals surface area contributed by atoms with E-state index in [4.69, 9.17) is 0 Å². The molecule has 0 amide bonds. The largest absolute Gasteiger partial charge is 0.242 e. The maximum absolute atomic E-state index is 13.5. The zero-order chi connectivity index (χ0) is 18.8. The first-order valence-corrected chi connectivity index (χ1v) is 10.4. The van der Waals surface area contributed by atoms with Gasteiger partial charge in [-0.1, -0.05) is 31.9 Å². The molecule has 0 unspecified atom stereocenters. The second-order valence-electron chi connectivity index (χ2n) is 6.70. The van der Waals surface area contributed by atoms with Gasteiger partial charge >= 0.3 is 0 Å². The Balaban J connectivity index is 2.41. The molecule has 2 atom stereocenters. The van der Waals surface area contributed by atoms with Crippen LogP contribution in [0, 0.1) is 11.6 Å². The number of hydrogen-bond donors (Lipinski definition) is 1. The normalized spacial score (nSPS) is 14.4. The highest BCUT2D eigenvalue weighted by Crippen LogP contribution is 2.30. The maximum atomic E-state index is 13.5. The van der Waals surface area contributed by atoms with Crippen LogP contribution in [-0.4, -0.2) is 8.96 Å². The Hall–Kier alpha value is -0.630. The second-order valence-corrected chi connectivity index (χ2v) is 10.5. The highest BCUT2D eigenvalue weighted by molar-refractivity contribution is 9.11. The van der Waals surface area contributed by atoms with Crippen LogP contribution >= 0.6 is 31.9 Å². The van der Waals surface area contributed by atoms with Crippen LogP contribution in [0.5, 0.6) is 0 Å². The van der Waals surface area contributed by atoms with Gasteiger partial charge in [-0.25, -0.2) is 17.7 Å². The molecular weight excluding hydrogens is 476 g/mol. The molecule has 0 spiro atoms. The Bertz CT molecular complexity index is 773. The molecule has 0 bridgehead atoms. The first kappa shape index (κ1) is 20.7. The molecule has 25 heavy (non-hydrogen) atoms. The van der Waals surface area contributed by atoms with Gasteiger partial charge in [-0.2, -0.15) is 0 Å². The topological polar surface area (TPSA) is 29.1 Å². The van der Waals surface area contributed by atoms with Crippen LogP contribution in [0.1, 0.15) is 37.9 Å². The molecule has 0 heterocycles. The molecule has 0 fully saturated rings. The van der Waals surface area contributed by atoms with Crippen LogP contribution in [-0.2, 0) is 17.4 Å². The molecule has 0 aromatic heterocycles. The van der Waals surface area contributed by atoms with Gasteiger partial charge in [0.2, 0.25) is 0 Å². The van der Waals surface area contributed by atoms with E-state index in [0.717, 1.165) is 20.6 Å². The molecule has 0 aliphatic rings. The summed E-state index contributed by atoms with van der Waals surface area (Å²) in [6.07, 6.45) is 0.297. The summed E-state index contributed by atoms with van der Waals surface area (Å²) in [6, 6.07) is 8.71. The molecule has 2 aromatic carbocycles. The van der Waals surface area contributed by atoms with Crippen LogP contribution in [0.25, 0.3) is 0 Å². The molecule has 136 valence electrons. The summed E-state index contributed by atoms with van der Waals surface area (Å²) in [7, 11) is -1.34. The summed E-state index contributed by atoms with van der Waals surface area (Å²) in [5.74, 6) is -1.25. The Morgan fingerprint density at radius 1 is 1.08 bits per heavy atom. The zero-order valence-corrected chi connectivity index (χ0v) is 18.1. The van der Waals surface area contributed by atoms with E-state index in [1.807, 2.05) is 39.0 Å². The SMILES string of the molecule is CC(C)(C)[S@@](=O)N[C@@H](Cc1cc(F)cc(F)c1)c1cc(Br)ccc1Br. The molecule has 2 nitrogen and oxygen atoms in total. The third-order valence-corrected chi connectivity index (χ3v) is 6.33. The Labute approximate surface area is 166 Å². The Kier molecular flexibility index (Phi) is 6.93. The average Bonchev–Trinajstić information content (AvgIpc) is 2.47. The predicted molar refractivity (Wildman–Crippen MR) is 106 cm³/mol. The molecule has 0 aliphatic heterocycles. The molecule has 2 aromatic rings. The summed E-state index contributed by atoms with van der Waals surface area (Å²) in [6.45, 7) is 5.60. The Morgan fingerprint density at radius 2 is 1.68 bits per heavy atom. The van der Waals surface area contributed by atoms with Gasteiger partial charge in [-0.3, -0.25) is 0 Å². The van der Waals surface area contributed by atoms with Crippen molar-refractivity contribution in [1.29, 1.82) is 0 Å². The zero-order valence-electron chi connectivity index (χ0n) is 14.1. The van der Waals surface area contributed by atoms with Crippen molar-refractivity contribution in [2.75, 3.05) is 0 Å². The number of hydrogen-bond acceptors (Lipinski definition) is 1. The third kappa shape index (κ3) is 5.94. The van der Waals surface area contributed by atoms with Gasteiger partial charge in [0.15, 0.2) is 0 Å². The fourth-order valence-electron chi connectivity index (χ4n) is 2.27. The maximum Gasteiger partial charge on any atom is 0.126 e. The van der Waals surface area contributed by atoms with Crippen LogP contribution in [0.15, 0.2) is 45.3 Å². The molecule has 2 rings (SSSR count). The summed E-state index contributed by atoms with van der Waals surface area (Å²) in [4.78, 5) is 0. The van der Waals surface area contributed by atoms with E-state index < -0.39 is 27.4 Å². The molecule has 1 N–H and O–H groups in total. The first-order chi connectivity index (χ1) is 11.6. The smallest absolute Gasteiger partial charge is 0.126 e. The Morgan fingerprint density at radius 3 is 2.24 bits per heavy atom. The lowest BCUT2D eigenvalue weighted by molar-refractivity contribution is 0.569. The summed E-state index contributed by atoms with van der Waals surface area (Å²) in [5, 5.41) is 0. The quantitative estimate of drug-likeness (QED) is 0.557. The lowest BCUT2D eigenvalue weighted by Gasteiger charge is -2.25. The number of halogens is 4. The minimum Gasteiger partial charge on any atom is -0.242 e. The highest BCUT2D eigenvalue weighted by Gasteiger charge is 2.25. The molecule has 0 saturated carbocycles. The van der Waals surface area contributed by atoms with Crippen molar-refractivity contribution in [1.82, 2.24) is 4.72 Å². The van der Waals surface area contributed by atoms with Gasteiger partial charge in [0, 0.05) is 21.1 Å². The van der Waals surface area contributed by atoms with Crippen molar-refractivity contribution < 1.29 is 13.0 Å². The molecule has 7 heteroatoms. The lowest BCUT2D eigenvalue weighted by atomic mass is 9.99. The van der Waals surface area contributed by atoms with Crippen molar-refractivity contribution in [3.8, 4) is 0 Å². The van der Waals surface area contributed by atoms with Crippen molar-refractivity contribution in [3.05, 3.63) is 68.1 Å². The second kappa shape index (κ2) is 8.37. The van der Waals surface area contributed by atoms with Crippen molar-refractivity contribution >= 4 is 42.8 Å².